The minimum atomic E-state index is 0.887. The van der Waals surface area contributed by atoms with Gasteiger partial charge in [-0.05, 0) is 42.3 Å². The number of nitrogens with zero attached hydrogens (tertiary/aromatic N) is 3. The Kier molecular flexibility index (Phi) is 2.55. The molecule has 0 amide bonds. The maximum atomic E-state index is 5.56. The Balaban J connectivity index is 2.20. The second kappa shape index (κ2) is 4.20. The predicted molar refractivity (Wildman–Crippen MR) is 68.9 cm³/mol. The Morgan fingerprint density at radius 1 is 1.06 bits per heavy atom. The SMILES string of the molecule is NSc1cccc(-n2nnc3ccccc32)c1. The summed E-state index contributed by atoms with van der Waals surface area (Å²) in [5.41, 5.74) is 2.85. The first-order valence-electron chi connectivity index (χ1n) is 5.16. The molecule has 0 aliphatic heterocycles. The molecule has 5 heteroatoms. The Morgan fingerprint density at radius 3 is 2.82 bits per heavy atom. The number of hydrogen-bond donors (Lipinski definition) is 1. The fourth-order valence-corrected chi connectivity index (χ4v) is 2.09. The molecule has 3 rings (SSSR count). The van der Waals surface area contributed by atoms with Gasteiger partial charge in [0.2, 0.25) is 0 Å². The van der Waals surface area contributed by atoms with Crippen molar-refractivity contribution >= 4 is 23.0 Å². The van der Waals surface area contributed by atoms with Crippen molar-refractivity contribution in [2.45, 2.75) is 4.90 Å². The third-order valence-corrected chi connectivity index (χ3v) is 3.08. The molecule has 3 aromatic rings. The Bertz CT molecular complexity index is 662. The Labute approximate surface area is 103 Å². The maximum Gasteiger partial charge on any atom is 0.113 e. The molecule has 0 bridgehead atoms. The number of para-hydroxylation sites is 1. The summed E-state index contributed by atoms with van der Waals surface area (Å²) in [5, 5.41) is 13.8. The fraction of sp³-hybridized carbons (Fsp3) is 0. The standard InChI is InChI=1S/C12H10N4S/c13-17-10-5-3-4-9(8-10)16-12-7-2-1-6-11(12)14-15-16/h1-8H,13H2. The smallest absolute Gasteiger partial charge is 0.113 e. The van der Waals surface area contributed by atoms with E-state index in [-0.39, 0.29) is 0 Å². The highest BCUT2D eigenvalue weighted by Crippen LogP contribution is 2.19. The molecule has 0 aliphatic rings. The monoisotopic (exact) mass is 242 g/mol. The van der Waals surface area contributed by atoms with Gasteiger partial charge in [-0.15, -0.1) is 5.10 Å². The van der Waals surface area contributed by atoms with Crippen LogP contribution in [-0.4, -0.2) is 15.0 Å². The largest absolute Gasteiger partial charge is 0.274 e. The van der Waals surface area contributed by atoms with Gasteiger partial charge in [0, 0.05) is 4.90 Å². The first-order chi connectivity index (χ1) is 8.38. The summed E-state index contributed by atoms with van der Waals surface area (Å²) in [5.74, 6) is 0. The van der Waals surface area contributed by atoms with E-state index in [0.717, 1.165) is 21.6 Å². The lowest BCUT2D eigenvalue weighted by Crippen LogP contribution is -1.96. The summed E-state index contributed by atoms with van der Waals surface area (Å²) < 4.78 is 1.81. The van der Waals surface area contributed by atoms with Crippen LogP contribution in [0.5, 0.6) is 0 Å². The zero-order valence-corrected chi connectivity index (χ0v) is 9.76. The first-order valence-corrected chi connectivity index (χ1v) is 6.04. The van der Waals surface area contributed by atoms with Crippen molar-refractivity contribution < 1.29 is 0 Å². The molecule has 0 atom stereocenters. The van der Waals surface area contributed by atoms with Gasteiger partial charge in [0.1, 0.15) is 5.52 Å². The van der Waals surface area contributed by atoms with E-state index in [1.165, 1.54) is 11.9 Å². The molecule has 1 aromatic heterocycles. The van der Waals surface area contributed by atoms with E-state index in [1.807, 2.05) is 53.2 Å². The normalized spacial score (nSPS) is 10.9. The van der Waals surface area contributed by atoms with Crippen LogP contribution < -0.4 is 5.14 Å². The van der Waals surface area contributed by atoms with Crippen molar-refractivity contribution in [2.75, 3.05) is 0 Å². The molecule has 0 saturated carbocycles. The molecule has 1 heterocycles. The number of hydrogen-bond acceptors (Lipinski definition) is 4. The van der Waals surface area contributed by atoms with Crippen LogP contribution in [0.15, 0.2) is 53.4 Å². The summed E-state index contributed by atoms with van der Waals surface area (Å²) in [7, 11) is 0. The number of fused-ring (bicyclic) bond motifs is 1. The molecular weight excluding hydrogens is 232 g/mol. The maximum absolute atomic E-state index is 5.56. The highest BCUT2D eigenvalue weighted by molar-refractivity contribution is 7.97. The van der Waals surface area contributed by atoms with Crippen LogP contribution >= 0.6 is 11.9 Å². The Morgan fingerprint density at radius 2 is 1.94 bits per heavy atom. The van der Waals surface area contributed by atoms with Crippen LogP contribution in [0.25, 0.3) is 16.7 Å². The van der Waals surface area contributed by atoms with Gasteiger partial charge in [0.15, 0.2) is 0 Å². The molecule has 0 saturated heterocycles. The summed E-state index contributed by atoms with van der Waals surface area (Å²) in [4.78, 5) is 1.00. The molecule has 0 radical (unpaired) electrons. The topological polar surface area (TPSA) is 56.7 Å². The molecule has 84 valence electrons. The van der Waals surface area contributed by atoms with Crippen LogP contribution in [0.3, 0.4) is 0 Å². The van der Waals surface area contributed by atoms with Crippen LogP contribution in [0.1, 0.15) is 0 Å². The van der Waals surface area contributed by atoms with Crippen molar-refractivity contribution in [3.05, 3.63) is 48.5 Å². The number of benzene rings is 2. The molecule has 0 spiro atoms. The summed E-state index contributed by atoms with van der Waals surface area (Å²) >= 11 is 1.22. The molecule has 0 fully saturated rings. The molecule has 0 unspecified atom stereocenters. The van der Waals surface area contributed by atoms with E-state index in [4.69, 9.17) is 5.14 Å². The van der Waals surface area contributed by atoms with Crippen LogP contribution in [0.4, 0.5) is 0 Å². The lowest BCUT2D eigenvalue weighted by Gasteiger charge is -2.03. The minimum Gasteiger partial charge on any atom is -0.274 e. The van der Waals surface area contributed by atoms with E-state index in [9.17, 15) is 0 Å². The molecule has 0 aliphatic carbocycles. The minimum absolute atomic E-state index is 0.887. The number of aromatic nitrogens is 3. The number of rotatable bonds is 2. The third kappa shape index (κ3) is 1.79. The summed E-state index contributed by atoms with van der Waals surface area (Å²) in [6, 6.07) is 15.8. The van der Waals surface area contributed by atoms with Gasteiger partial charge in [-0.25, -0.2) is 4.68 Å². The van der Waals surface area contributed by atoms with Crippen LogP contribution in [0.2, 0.25) is 0 Å². The third-order valence-electron chi connectivity index (χ3n) is 2.55. The van der Waals surface area contributed by atoms with Crippen molar-refractivity contribution in [3.8, 4) is 5.69 Å². The second-order valence-electron chi connectivity index (χ2n) is 3.61. The van der Waals surface area contributed by atoms with Crippen molar-refractivity contribution in [1.82, 2.24) is 15.0 Å². The zero-order chi connectivity index (χ0) is 11.7. The molecule has 2 N–H and O–H groups in total. The summed E-state index contributed by atoms with van der Waals surface area (Å²) in [6.07, 6.45) is 0. The highest BCUT2D eigenvalue weighted by atomic mass is 32.2. The fourth-order valence-electron chi connectivity index (χ4n) is 1.75. The van der Waals surface area contributed by atoms with Gasteiger partial charge >= 0.3 is 0 Å². The van der Waals surface area contributed by atoms with Crippen molar-refractivity contribution in [3.63, 3.8) is 0 Å². The van der Waals surface area contributed by atoms with Crippen molar-refractivity contribution in [2.24, 2.45) is 5.14 Å². The number of nitrogens with two attached hydrogens (primary N) is 1. The van der Waals surface area contributed by atoms with Crippen molar-refractivity contribution in [1.29, 1.82) is 0 Å². The first kappa shape index (κ1) is 10.3. The second-order valence-corrected chi connectivity index (χ2v) is 4.31. The van der Waals surface area contributed by atoms with E-state index >= 15 is 0 Å². The quantitative estimate of drug-likeness (QED) is 0.701. The van der Waals surface area contributed by atoms with Crippen LogP contribution in [-0.2, 0) is 0 Å². The lowest BCUT2D eigenvalue weighted by molar-refractivity contribution is 0.822. The van der Waals surface area contributed by atoms with E-state index in [2.05, 4.69) is 10.3 Å². The van der Waals surface area contributed by atoms with E-state index in [1.54, 1.807) is 0 Å². The molecule has 4 nitrogen and oxygen atoms in total. The average Bonchev–Trinajstić information content (AvgIpc) is 2.82. The van der Waals surface area contributed by atoms with Gasteiger partial charge < -0.3 is 0 Å². The van der Waals surface area contributed by atoms with E-state index in [0.29, 0.717) is 0 Å². The zero-order valence-electron chi connectivity index (χ0n) is 8.95. The average molecular weight is 242 g/mol. The molecule has 2 aromatic carbocycles. The van der Waals surface area contributed by atoms with Gasteiger partial charge in [-0.3, -0.25) is 5.14 Å². The molecule has 17 heavy (non-hydrogen) atoms. The highest BCUT2D eigenvalue weighted by Gasteiger charge is 2.05. The molecular formula is C12H10N4S. The van der Waals surface area contributed by atoms with Gasteiger partial charge in [-0.2, -0.15) is 0 Å². The summed E-state index contributed by atoms with van der Waals surface area (Å²) in [6.45, 7) is 0. The van der Waals surface area contributed by atoms with Gasteiger partial charge in [0.05, 0.1) is 11.2 Å². The lowest BCUT2D eigenvalue weighted by atomic mass is 10.3. The van der Waals surface area contributed by atoms with Gasteiger partial charge in [0.25, 0.3) is 0 Å². The predicted octanol–water partition coefficient (Wildman–Crippen LogP) is 2.39. The van der Waals surface area contributed by atoms with E-state index < -0.39 is 0 Å². The van der Waals surface area contributed by atoms with Gasteiger partial charge in [-0.1, -0.05) is 23.4 Å². The van der Waals surface area contributed by atoms with Crippen LogP contribution in [0, 0.1) is 0 Å². The Hall–Kier alpha value is -1.85.